The maximum atomic E-state index is 12.9. The average molecular weight is 294 g/mol. The van der Waals surface area contributed by atoms with Gasteiger partial charge in [-0.15, -0.1) is 0 Å². The van der Waals surface area contributed by atoms with Crippen LogP contribution in [-0.2, 0) is 6.42 Å². The highest BCUT2D eigenvalue weighted by Gasteiger charge is 2.43. The lowest BCUT2D eigenvalue weighted by Gasteiger charge is -2.35. The van der Waals surface area contributed by atoms with E-state index in [2.05, 4.69) is 15.0 Å². The van der Waals surface area contributed by atoms with E-state index < -0.39 is 0 Å². The second kappa shape index (κ2) is 4.87. The van der Waals surface area contributed by atoms with E-state index in [1.165, 1.54) is 0 Å². The summed E-state index contributed by atoms with van der Waals surface area (Å²) in [5.74, 6) is 0.881. The highest BCUT2D eigenvalue weighted by Crippen LogP contribution is 2.43. The van der Waals surface area contributed by atoms with Crippen LogP contribution in [0.3, 0.4) is 0 Å². The Morgan fingerprint density at radius 2 is 2.05 bits per heavy atom. The van der Waals surface area contributed by atoms with Crippen molar-refractivity contribution in [3.8, 4) is 0 Å². The third kappa shape index (κ3) is 2.00. The number of aryl methyl sites for hydroxylation is 2. The van der Waals surface area contributed by atoms with Crippen LogP contribution in [0.2, 0.25) is 0 Å². The molecule has 5 heteroatoms. The lowest BCUT2D eigenvalue weighted by Crippen LogP contribution is -2.42. The Balaban J connectivity index is 1.70. The van der Waals surface area contributed by atoms with Crippen LogP contribution in [0.1, 0.15) is 52.0 Å². The van der Waals surface area contributed by atoms with Gasteiger partial charge in [0, 0.05) is 36.1 Å². The quantitative estimate of drug-likeness (QED) is 0.810. The number of aromatic nitrogens is 3. The van der Waals surface area contributed by atoms with Gasteiger partial charge in [-0.3, -0.25) is 9.78 Å². The number of fused-ring (bicyclic) bond motifs is 4. The van der Waals surface area contributed by atoms with Crippen LogP contribution in [-0.4, -0.2) is 31.8 Å². The van der Waals surface area contributed by atoms with Crippen LogP contribution in [0, 0.1) is 13.8 Å². The molecule has 2 aromatic heterocycles. The third-order valence-corrected chi connectivity index (χ3v) is 4.70. The summed E-state index contributed by atoms with van der Waals surface area (Å²) in [6.07, 6.45) is 6.44. The van der Waals surface area contributed by atoms with E-state index >= 15 is 0 Å². The van der Waals surface area contributed by atoms with Gasteiger partial charge in [-0.1, -0.05) is 0 Å². The Morgan fingerprint density at radius 1 is 1.18 bits per heavy atom. The molecule has 4 rings (SSSR count). The molecule has 2 aliphatic rings. The molecule has 2 atom stereocenters. The van der Waals surface area contributed by atoms with E-state index in [9.17, 15) is 4.79 Å². The minimum atomic E-state index is 0.0752. The molecular weight excluding hydrogens is 276 g/mol. The average Bonchev–Trinajstić information content (AvgIpc) is 2.82. The predicted molar refractivity (Wildman–Crippen MR) is 81.4 cm³/mol. The van der Waals surface area contributed by atoms with Crippen LogP contribution < -0.4 is 0 Å². The van der Waals surface area contributed by atoms with Gasteiger partial charge in [0.1, 0.15) is 5.82 Å². The molecule has 0 unspecified atom stereocenters. The molecule has 2 aliphatic heterocycles. The SMILES string of the molecule is Cc1ccc(C(=O)N2[C@H]3CC[C@@H]2c2cnc(C)nc2C3)cn1. The van der Waals surface area contributed by atoms with Crippen molar-refractivity contribution >= 4 is 5.91 Å². The van der Waals surface area contributed by atoms with Gasteiger partial charge in [0.25, 0.3) is 5.91 Å². The van der Waals surface area contributed by atoms with E-state index in [-0.39, 0.29) is 18.0 Å². The van der Waals surface area contributed by atoms with E-state index in [1.54, 1.807) is 6.20 Å². The molecule has 0 saturated carbocycles. The number of carbonyl (C=O) groups is 1. The number of amides is 1. The predicted octanol–water partition coefficient (Wildman–Crippen LogP) is 2.39. The molecule has 1 amide bonds. The molecular formula is C17H18N4O. The maximum absolute atomic E-state index is 12.9. The second-order valence-corrected chi connectivity index (χ2v) is 6.17. The number of hydrogen-bond donors (Lipinski definition) is 0. The lowest BCUT2D eigenvalue weighted by molar-refractivity contribution is 0.0643. The van der Waals surface area contributed by atoms with Crippen LogP contribution in [0.25, 0.3) is 0 Å². The highest BCUT2D eigenvalue weighted by molar-refractivity contribution is 5.94. The summed E-state index contributed by atoms with van der Waals surface area (Å²) in [7, 11) is 0. The number of rotatable bonds is 1. The summed E-state index contributed by atoms with van der Waals surface area (Å²) in [5.41, 5.74) is 3.82. The zero-order valence-corrected chi connectivity index (χ0v) is 12.8. The van der Waals surface area contributed by atoms with Gasteiger partial charge in [0.15, 0.2) is 0 Å². The summed E-state index contributed by atoms with van der Waals surface area (Å²) in [5, 5.41) is 0. The third-order valence-electron chi connectivity index (χ3n) is 4.70. The van der Waals surface area contributed by atoms with Crippen molar-refractivity contribution in [1.29, 1.82) is 0 Å². The Bertz CT molecular complexity index is 741. The molecule has 0 radical (unpaired) electrons. The van der Waals surface area contributed by atoms with Gasteiger partial charge in [0.05, 0.1) is 17.3 Å². The highest BCUT2D eigenvalue weighted by atomic mass is 16.2. The molecule has 1 saturated heterocycles. The van der Waals surface area contributed by atoms with E-state index in [4.69, 9.17) is 0 Å². The Labute approximate surface area is 129 Å². The minimum Gasteiger partial charge on any atom is -0.328 e. The number of pyridine rings is 1. The standard InChI is InChI=1S/C17H18N4O/c1-10-3-4-12(8-18-10)17(22)21-13-5-6-16(21)14-9-19-11(2)20-15(14)7-13/h3-4,8-9,13,16H,5-7H2,1-2H3/t13-,16+/m0/s1. The van der Waals surface area contributed by atoms with Crippen LogP contribution >= 0.6 is 0 Å². The first kappa shape index (κ1) is 13.4. The van der Waals surface area contributed by atoms with Crippen molar-refractivity contribution in [3.63, 3.8) is 0 Å². The minimum absolute atomic E-state index is 0.0752. The normalized spacial score (nSPS) is 22.5. The molecule has 2 bridgehead atoms. The summed E-state index contributed by atoms with van der Waals surface area (Å²) in [4.78, 5) is 28.1. The fourth-order valence-corrected chi connectivity index (χ4v) is 3.63. The molecule has 1 fully saturated rings. The topological polar surface area (TPSA) is 59.0 Å². The van der Waals surface area contributed by atoms with Gasteiger partial charge < -0.3 is 4.90 Å². The lowest BCUT2D eigenvalue weighted by atomic mass is 9.98. The number of carbonyl (C=O) groups excluding carboxylic acids is 1. The second-order valence-electron chi connectivity index (χ2n) is 6.17. The Kier molecular flexibility index (Phi) is 2.96. The van der Waals surface area contributed by atoms with Crippen LogP contribution in [0.4, 0.5) is 0 Å². The van der Waals surface area contributed by atoms with Gasteiger partial charge in [-0.25, -0.2) is 9.97 Å². The van der Waals surface area contributed by atoms with E-state index in [0.29, 0.717) is 5.56 Å². The molecule has 22 heavy (non-hydrogen) atoms. The molecule has 0 aliphatic carbocycles. The molecule has 5 nitrogen and oxygen atoms in total. The van der Waals surface area contributed by atoms with Gasteiger partial charge in [-0.2, -0.15) is 0 Å². The first-order valence-corrected chi connectivity index (χ1v) is 7.71. The molecule has 2 aromatic rings. The number of hydrogen-bond acceptors (Lipinski definition) is 4. The van der Waals surface area contributed by atoms with Crippen molar-refractivity contribution in [3.05, 3.63) is 52.9 Å². The molecule has 4 heterocycles. The van der Waals surface area contributed by atoms with E-state index in [1.807, 2.05) is 37.1 Å². The smallest absolute Gasteiger partial charge is 0.256 e. The molecule has 0 spiro atoms. The fraction of sp³-hybridized carbons (Fsp3) is 0.412. The van der Waals surface area contributed by atoms with Crippen molar-refractivity contribution in [2.45, 2.75) is 45.2 Å². The van der Waals surface area contributed by atoms with Crippen molar-refractivity contribution in [2.75, 3.05) is 0 Å². The Morgan fingerprint density at radius 3 is 2.82 bits per heavy atom. The molecule has 0 N–H and O–H groups in total. The van der Waals surface area contributed by atoms with Crippen molar-refractivity contribution in [2.24, 2.45) is 0 Å². The first-order chi connectivity index (χ1) is 10.6. The summed E-state index contributed by atoms with van der Waals surface area (Å²) >= 11 is 0. The van der Waals surface area contributed by atoms with Crippen LogP contribution in [0.5, 0.6) is 0 Å². The van der Waals surface area contributed by atoms with E-state index in [0.717, 1.165) is 42.0 Å². The monoisotopic (exact) mass is 294 g/mol. The molecule has 112 valence electrons. The zero-order chi connectivity index (χ0) is 15.3. The summed E-state index contributed by atoms with van der Waals surface area (Å²) < 4.78 is 0. The van der Waals surface area contributed by atoms with Crippen molar-refractivity contribution < 1.29 is 4.79 Å². The van der Waals surface area contributed by atoms with Gasteiger partial charge >= 0.3 is 0 Å². The molecule has 0 aromatic carbocycles. The largest absolute Gasteiger partial charge is 0.328 e. The number of nitrogens with zero attached hydrogens (tertiary/aromatic N) is 4. The summed E-state index contributed by atoms with van der Waals surface area (Å²) in [6, 6.07) is 4.12. The first-order valence-electron chi connectivity index (χ1n) is 7.71. The van der Waals surface area contributed by atoms with Gasteiger partial charge in [0.2, 0.25) is 0 Å². The summed E-state index contributed by atoms with van der Waals surface area (Å²) in [6.45, 7) is 3.84. The Hall–Kier alpha value is -2.30. The van der Waals surface area contributed by atoms with Gasteiger partial charge in [-0.05, 0) is 38.8 Å². The van der Waals surface area contributed by atoms with Crippen molar-refractivity contribution in [1.82, 2.24) is 19.9 Å². The maximum Gasteiger partial charge on any atom is 0.256 e. The fourth-order valence-electron chi connectivity index (χ4n) is 3.63. The zero-order valence-electron chi connectivity index (χ0n) is 12.8. The van der Waals surface area contributed by atoms with Crippen LogP contribution in [0.15, 0.2) is 24.5 Å².